The first kappa shape index (κ1) is 17.7. The van der Waals surface area contributed by atoms with E-state index in [1.54, 1.807) is 0 Å². The number of hydrogen-bond donors (Lipinski definition) is 1. The molecular formula is C18H24N6S. The molecule has 0 amide bonds. The molecule has 0 atom stereocenters. The molecule has 2 aromatic heterocycles. The van der Waals surface area contributed by atoms with E-state index in [1.807, 2.05) is 38.2 Å². The predicted octanol–water partition coefficient (Wildman–Crippen LogP) is 3.87. The second-order valence-electron chi connectivity index (χ2n) is 6.13. The van der Waals surface area contributed by atoms with E-state index < -0.39 is 0 Å². The minimum absolute atomic E-state index is 0.590. The van der Waals surface area contributed by atoms with Gasteiger partial charge in [0.2, 0.25) is 17.1 Å². The maximum Gasteiger partial charge on any atom is 0.230 e. The van der Waals surface area contributed by atoms with E-state index in [0.29, 0.717) is 17.1 Å². The highest BCUT2D eigenvalue weighted by atomic mass is 32.2. The number of nitrogens with one attached hydrogen (secondary N) is 1. The first-order valence-electron chi connectivity index (χ1n) is 8.66. The van der Waals surface area contributed by atoms with Crippen LogP contribution in [-0.2, 0) is 0 Å². The quantitative estimate of drug-likeness (QED) is 0.842. The summed E-state index contributed by atoms with van der Waals surface area (Å²) in [6.07, 6.45) is 9.20. The zero-order valence-electron chi connectivity index (χ0n) is 15.0. The number of allylic oxidation sites excluding steroid dienone is 2. The van der Waals surface area contributed by atoms with Crippen LogP contribution in [0.25, 0.3) is 5.57 Å². The van der Waals surface area contributed by atoms with Gasteiger partial charge in [0.25, 0.3) is 0 Å². The van der Waals surface area contributed by atoms with E-state index in [2.05, 4.69) is 37.4 Å². The lowest BCUT2D eigenvalue weighted by Gasteiger charge is -2.13. The predicted molar refractivity (Wildman–Crippen MR) is 103 cm³/mol. The Bertz CT molecular complexity index is 742. The molecule has 6 nitrogen and oxygen atoms in total. The van der Waals surface area contributed by atoms with E-state index in [1.165, 1.54) is 42.2 Å². The normalized spacial score (nSPS) is 14.1. The SMILES string of the molecule is CCNc1nc(Sc2ccc(C3=CCCCC3)cn2)nc(N(C)C)n1. The van der Waals surface area contributed by atoms with Crippen LogP contribution in [0.15, 0.2) is 34.6 Å². The summed E-state index contributed by atoms with van der Waals surface area (Å²) in [7, 11) is 3.84. The van der Waals surface area contributed by atoms with E-state index in [0.717, 1.165) is 18.0 Å². The van der Waals surface area contributed by atoms with Crippen molar-refractivity contribution < 1.29 is 0 Å². The minimum atomic E-state index is 0.590. The highest BCUT2D eigenvalue weighted by Gasteiger charge is 2.11. The summed E-state index contributed by atoms with van der Waals surface area (Å²) >= 11 is 1.46. The Morgan fingerprint density at radius 2 is 2.04 bits per heavy atom. The van der Waals surface area contributed by atoms with Gasteiger partial charge in [0.1, 0.15) is 5.03 Å². The molecule has 0 aliphatic heterocycles. The molecule has 2 aromatic rings. The van der Waals surface area contributed by atoms with Crippen molar-refractivity contribution in [2.45, 2.75) is 42.8 Å². The summed E-state index contributed by atoms with van der Waals surface area (Å²) in [5.41, 5.74) is 2.64. The number of hydrogen-bond acceptors (Lipinski definition) is 7. The third kappa shape index (κ3) is 4.69. The van der Waals surface area contributed by atoms with Crippen LogP contribution in [0.4, 0.5) is 11.9 Å². The fourth-order valence-corrected chi connectivity index (χ4v) is 3.34. The molecule has 1 aliphatic rings. The summed E-state index contributed by atoms with van der Waals surface area (Å²) in [5.74, 6) is 1.23. The van der Waals surface area contributed by atoms with Crippen LogP contribution in [0.1, 0.15) is 38.2 Å². The topological polar surface area (TPSA) is 66.8 Å². The number of pyridine rings is 1. The zero-order valence-corrected chi connectivity index (χ0v) is 15.8. The monoisotopic (exact) mass is 356 g/mol. The molecule has 7 heteroatoms. The summed E-state index contributed by atoms with van der Waals surface area (Å²) < 4.78 is 0. The highest BCUT2D eigenvalue weighted by molar-refractivity contribution is 7.99. The van der Waals surface area contributed by atoms with Gasteiger partial charge in [0.05, 0.1) is 0 Å². The molecule has 0 bridgehead atoms. The third-order valence-electron chi connectivity index (χ3n) is 3.93. The molecule has 0 unspecified atom stereocenters. The Hall–Kier alpha value is -2.15. The molecule has 3 rings (SSSR count). The van der Waals surface area contributed by atoms with Gasteiger partial charge in [-0.05, 0) is 61.6 Å². The molecule has 0 saturated heterocycles. The molecule has 0 spiro atoms. The van der Waals surface area contributed by atoms with Gasteiger partial charge in [-0.15, -0.1) is 0 Å². The Morgan fingerprint density at radius 3 is 2.68 bits per heavy atom. The smallest absolute Gasteiger partial charge is 0.230 e. The van der Waals surface area contributed by atoms with Crippen LogP contribution < -0.4 is 10.2 Å². The van der Waals surface area contributed by atoms with Crippen LogP contribution in [0.5, 0.6) is 0 Å². The molecule has 1 aliphatic carbocycles. The molecule has 0 fully saturated rings. The van der Waals surface area contributed by atoms with Crippen LogP contribution in [0, 0.1) is 0 Å². The first-order chi connectivity index (χ1) is 12.2. The van der Waals surface area contributed by atoms with Crippen molar-refractivity contribution >= 4 is 29.2 Å². The van der Waals surface area contributed by atoms with Crippen molar-refractivity contribution in [2.24, 2.45) is 0 Å². The molecule has 0 radical (unpaired) electrons. The van der Waals surface area contributed by atoms with Crippen molar-refractivity contribution in [3.63, 3.8) is 0 Å². The number of nitrogens with zero attached hydrogens (tertiary/aromatic N) is 5. The van der Waals surface area contributed by atoms with Gasteiger partial charge in [-0.2, -0.15) is 15.0 Å². The Kier molecular flexibility index (Phi) is 5.86. The zero-order chi connectivity index (χ0) is 17.6. The number of anilines is 2. The average Bonchev–Trinajstić information content (AvgIpc) is 2.63. The average molecular weight is 356 g/mol. The lowest BCUT2D eigenvalue weighted by molar-refractivity contribution is 0.741. The van der Waals surface area contributed by atoms with Gasteiger partial charge in [0.15, 0.2) is 0 Å². The molecule has 2 heterocycles. The van der Waals surface area contributed by atoms with Crippen molar-refractivity contribution in [2.75, 3.05) is 30.9 Å². The van der Waals surface area contributed by atoms with Crippen molar-refractivity contribution in [3.05, 3.63) is 30.0 Å². The molecule has 1 N–H and O–H groups in total. The minimum Gasteiger partial charge on any atom is -0.354 e. The van der Waals surface area contributed by atoms with E-state index >= 15 is 0 Å². The van der Waals surface area contributed by atoms with Gasteiger partial charge >= 0.3 is 0 Å². The van der Waals surface area contributed by atoms with Crippen molar-refractivity contribution in [1.29, 1.82) is 0 Å². The Balaban J connectivity index is 1.78. The summed E-state index contributed by atoms with van der Waals surface area (Å²) in [6.45, 7) is 2.79. The third-order valence-corrected chi connectivity index (χ3v) is 4.75. The molecule has 132 valence electrons. The first-order valence-corrected chi connectivity index (χ1v) is 9.48. The second-order valence-corrected chi connectivity index (χ2v) is 7.12. The molecular weight excluding hydrogens is 332 g/mol. The molecule has 0 saturated carbocycles. The lowest BCUT2D eigenvalue weighted by Crippen LogP contribution is -2.15. The van der Waals surface area contributed by atoms with E-state index in [-0.39, 0.29) is 0 Å². The Morgan fingerprint density at radius 1 is 1.16 bits per heavy atom. The standard InChI is InChI=1S/C18H24N6S/c1-4-19-16-21-17(24(2)3)23-18(22-16)25-15-11-10-14(12-20-15)13-8-6-5-7-9-13/h8,10-12H,4-7,9H2,1-3H3,(H,19,21,22,23). The summed E-state index contributed by atoms with van der Waals surface area (Å²) in [4.78, 5) is 19.8. The highest BCUT2D eigenvalue weighted by Crippen LogP contribution is 2.29. The van der Waals surface area contributed by atoms with Crippen LogP contribution >= 0.6 is 11.8 Å². The number of rotatable bonds is 6. The fraction of sp³-hybridized carbons (Fsp3) is 0.444. The lowest BCUT2D eigenvalue weighted by atomic mass is 9.95. The Labute approximate surface area is 153 Å². The number of aromatic nitrogens is 4. The van der Waals surface area contributed by atoms with Gasteiger partial charge in [0, 0.05) is 26.8 Å². The fourth-order valence-electron chi connectivity index (χ4n) is 2.65. The summed E-state index contributed by atoms with van der Waals surface area (Å²) in [6, 6.07) is 4.19. The molecule has 0 aromatic carbocycles. The second kappa shape index (κ2) is 8.29. The largest absolute Gasteiger partial charge is 0.354 e. The maximum absolute atomic E-state index is 4.59. The molecule has 25 heavy (non-hydrogen) atoms. The van der Waals surface area contributed by atoms with E-state index in [9.17, 15) is 0 Å². The van der Waals surface area contributed by atoms with Gasteiger partial charge in [-0.3, -0.25) is 0 Å². The van der Waals surface area contributed by atoms with Crippen molar-refractivity contribution in [3.8, 4) is 0 Å². The van der Waals surface area contributed by atoms with Gasteiger partial charge in [-0.1, -0.05) is 12.1 Å². The van der Waals surface area contributed by atoms with E-state index in [4.69, 9.17) is 0 Å². The van der Waals surface area contributed by atoms with Crippen LogP contribution in [-0.4, -0.2) is 40.6 Å². The van der Waals surface area contributed by atoms with Gasteiger partial charge in [-0.25, -0.2) is 4.98 Å². The van der Waals surface area contributed by atoms with Gasteiger partial charge < -0.3 is 10.2 Å². The maximum atomic E-state index is 4.59. The van der Waals surface area contributed by atoms with Crippen LogP contribution in [0.3, 0.4) is 0 Å². The van der Waals surface area contributed by atoms with Crippen molar-refractivity contribution in [1.82, 2.24) is 19.9 Å². The summed E-state index contributed by atoms with van der Waals surface area (Å²) in [5, 5.41) is 4.68. The van der Waals surface area contributed by atoms with Crippen LogP contribution in [0.2, 0.25) is 0 Å².